The molecule has 0 unspecified atom stereocenters. The summed E-state index contributed by atoms with van der Waals surface area (Å²) in [7, 11) is 0. The zero-order valence-electron chi connectivity index (χ0n) is 9.73. The van der Waals surface area contributed by atoms with Gasteiger partial charge >= 0.3 is 0 Å². The number of allylic oxidation sites excluding steroid dienone is 4. The van der Waals surface area contributed by atoms with Gasteiger partial charge in [-0.3, -0.25) is 0 Å². The van der Waals surface area contributed by atoms with Gasteiger partial charge in [0.2, 0.25) is 0 Å². The summed E-state index contributed by atoms with van der Waals surface area (Å²) < 4.78 is 14.2. The Hall–Kier alpha value is -0.800. The van der Waals surface area contributed by atoms with E-state index in [1.54, 1.807) is 12.1 Å². The Morgan fingerprint density at radius 2 is 2.12 bits per heavy atom. The number of halogens is 3. The Bertz CT molecular complexity index is 476. The van der Waals surface area contributed by atoms with Gasteiger partial charge in [0.1, 0.15) is 5.82 Å². The van der Waals surface area contributed by atoms with E-state index < -0.39 is 5.82 Å². The van der Waals surface area contributed by atoms with Crippen molar-refractivity contribution in [2.24, 2.45) is 5.73 Å². The Balaban J connectivity index is 2.91. The predicted octanol–water partition coefficient (Wildman–Crippen LogP) is 4.55. The lowest BCUT2D eigenvalue weighted by atomic mass is 10.1. The molecule has 17 heavy (non-hydrogen) atoms. The van der Waals surface area contributed by atoms with Crippen LogP contribution in [0.4, 0.5) is 4.39 Å². The van der Waals surface area contributed by atoms with E-state index >= 15 is 0 Å². The maximum absolute atomic E-state index is 13.2. The first-order valence-corrected chi connectivity index (χ1v) is 6.30. The molecule has 0 saturated heterocycles. The molecule has 0 spiro atoms. The van der Waals surface area contributed by atoms with Gasteiger partial charge in [0.25, 0.3) is 0 Å². The van der Waals surface area contributed by atoms with Crippen molar-refractivity contribution < 1.29 is 4.39 Å². The van der Waals surface area contributed by atoms with Gasteiger partial charge in [-0.2, -0.15) is 0 Å². The fourth-order valence-corrected chi connectivity index (χ4v) is 1.86. The molecule has 0 fully saturated rings. The minimum absolute atomic E-state index is 0.129. The highest BCUT2D eigenvalue weighted by Gasteiger charge is 2.03. The molecule has 0 bridgehead atoms. The Labute approximate surface area is 114 Å². The van der Waals surface area contributed by atoms with Crippen molar-refractivity contribution in [3.05, 3.63) is 56.4 Å². The van der Waals surface area contributed by atoms with Gasteiger partial charge in [-0.1, -0.05) is 33.6 Å². The molecule has 1 aromatic rings. The molecule has 0 radical (unpaired) electrons. The van der Waals surface area contributed by atoms with E-state index in [1.807, 2.05) is 19.9 Å². The maximum Gasteiger partial charge on any atom is 0.142 e. The van der Waals surface area contributed by atoms with Crippen LogP contribution < -0.4 is 5.73 Å². The summed E-state index contributed by atoms with van der Waals surface area (Å²) in [5.74, 6) is -0.415. The van der Waals surface area contributed by atoms with Crippen molar-refractivity contribution in [1.82, 2.24) is 0 Å². The van der Waals surface area contributed by atoms with E-state index in [9.17, 15) is 4.39 Å². The second-order valence-electron chi connectivity index (χ2n) is 3.86. The minimum Gasteiger partial charge on any atom is -0.402 e. The standard InChI is InChI=1S/C13H14BrClFN/c1-8(5-9(2)14)13(17)7-10-3-4-11(15)12(16)6-10/h3-6H,7,17H2,1-2H3/b9-5+,13-8-. The largest absolute Gasteiger partial charge is 0.402 e. The molecule has 0 aliphatic heterocycles. The van der Waals surface area contributed by atoms with Gasteiger partial charge in [0, 0.05) is 12.1 Å². The summed E-state index contributed by atoms with van der Waals surface area (Å²) in [6.45, 7) is 3.85. The van der Waals surface area contributed by atoms with Crippen LogP contribution in [0, 0.1) is 5.82 Å². The monoisotopic (exact) mass is 317 g/mol. The summed E-state index contributed by atoms with van der Waals surface area (Å²) in [5.41, 5.74) is 8.43. The first-order valence-electron chi connectivity index (χ1n) is 5.13. The van der Waals surface area contributed by atoms with E-state index in [1.165, 1.54) is 6.07 Å². The summed E-state index contributed by atoms with van der Waals surface area (Å²) in [6.07, 6.45) is 2.44. The molecule has 1 rings (SSSR count). The molecule has 2 N–H and O–H groups in total. The summed E-state index contributed by atoms with van der Waals surface area (Å²) in [6, 6.07) is 4.73. The van der Waals surface area contributed by atoms with Crippen molar-refractivity contribution in [2.75, 3.05) is 0 Å². The Morgan fingerprint density at radius 1 is 1.47 bits per heavy atom. The van der Waals surface area contributed by atoms with Crippen LogP contribution in [0.15, 0.2) is 40.0 Å². The third-order valence-electron chi connectivity index (χ3n) is 2.30. The van der Waals surface area contributed by atoms with Crippen LogP contribution in [0.2, 0.25) is 5.02 Å². The van der Waals surface area contributed by atoms with Crippen LogP contribution in [-0.2, 0) is 6.42 Å². The lowest BCUT2D eigenvalue weighted by Crippen LogP contribution is -2.04. The van der Waals surface area contributed by atoms with Gasteiger partial charge in [0.15, 0.2) is 0 Å². The molecular formula is C13H14BrClFN. The molecule has 0 aliphatic carbocycles. The molecular weight excluding hydrogens is 305 g/mol. The van der Waals surface area contributed by atoms with Crippen LogP contribution in [0.1, 0.15) is 19.4 Å². The smallest absolute Gasteiger partial charge is 0.142 e. The number of hydrogen-bond acceptors (Lipinski definition) is 1. The highest BCUT2D eigenvalue weighted by molar-refractivity contribution is 9.11. The van der Waals surface area contributed by atoms with E-state index in [-0.39, 0.29) is 5.02 Å². The van der Waals surface area contributed by atoms with Gasteiger partial charge in [-0.25, -0.2) is 4.39 Å². The van der Waals surface area contributed by atoms with E-state index in [0.29, 0.717) is 12.1 Å². The zero-order chi connectivity index (χ0) is 13.0. The van der Waals surface area contributed by atoms with Gasteiger partial charge < -0.3 is 5.73 Å². The quantitative estimate of drug-likeness (QED) is 0.813. The topological polar surface area (TPSA) is 26.0 Å². The Kier molecular flexibility index (Phi) is 5.22. The number of rotatable bonds is 3. The van der Waals surface area contributed by atoms with Crippen molar-refractivity contribution >= 4 is 27.5 Å². The van der Waals surface area contributed by atoms with Crippen LogP contribution in [0.25, 0.3) is 0 Å². The van der Waals surface area contributed by atoms with Crippen LogP contribution in [0.3, 0.4) is 0 Å². The lowest BCUT2D eigenvalue weighted by Gasteiger charge is -2.06. The number of benzene rings is 1. The van der Waals surface area contributed by atoms with E-state index in [2.05, 4.69) is 15.9 Å². The molecule has 1 aromatic carbocycles. The third kappa shape index (κ3) is 4.52. The Morgan fingerprint density at radius 3 is 2.65 bits per heavy atom. The van der Waals surface area contributed by atoms with Gasteiger partial charge in [0.05, 0.1) is 5.02 Å². The van der Waals surface area contributed by atoms with Crippen molar-refractivity contribution in [3.63, 3.8) is 0 Å². The molecule has 0 saturated carbocycles. The van der Waals surface area contributed by atoms with Crippen molar-refractivity contribution in [1.29, 1.82) is 0 Å². The molecule has 0 heterocycles. The van der Waals surface area contributed by atoms with E-state index in [0.717, 1.165) is 15.6 Å². The second kappa shape index (κ2) is 6.22. The molecule has 4 heteroatoms. The molecule has 0 aromatic heterocycles. The molecule has 92 valence electrons. The van der Waals surface area contributed by atoms with Crippen LogP contribution in [-0.4, -0.2) is 0 Å². The average Bonchev–Trinajstić information content (AvgIpc) is 2.22. The van der Waals surface area contributed by atoms with Crippen LogP contribution >= 0.6 is 27.5 Å². The molecule has 0 atom stereocenters. The highest BCUT2D eigenvalue weighted by atomic mass is 79.9. The summed E-state index contributed by atoms with van der Waals surface area (Å²) in [4.78, 5) is 0. The summed E-state index contributed by atoms with van der Waals surface area (Å²) >= 11 is 8.96. The van der Waals surface area contributed by atoms with Crippen molar-refractivity contribution in [3.8, 4) is 0 Å². The van der Waals surface area contributed by atoms with Crippen LogP contribution in [0.5, 0.6) is 0 Å². The average molecular weight is 319 g/mol. The molecule has 0 aliphatic rings. The van der Waals surface area contributed by atoms with Gasteiger partial charge in [-0.15, -0.1) is 0 Å². The van der Waals surface area contributed by atoms with Gasteiger partial charge in [-0.05, 0) is 47.7 Å². The summed E-state index contributed by atoms with van der Waals surface area (Å²) in [5, 5.41) is 0.129. The number of nitrogens with two attached hydrogens (primary N) is 1. The van der Waals surface area contributed by atoms with E-state index in [4.69, 9.17) is 17.3 Å². The third-order valence-corrected chi connectivity index (χ3v) is 2.84. The second-order valence-corrected chi connectivity index (χ2v) is 5.52. The molecule has 0 amide bonds. The first kappa shape index (κ1) is 14.3. The number of hydrogen-bond donors (Lipinski definition) is 1. The fourth-order valence-electron chi connectivity index (χ4n) is 1.40. The predicted molar refractivity (Wildman–Crippen MR) is 74.7 cm³/mol. The normalized spacial score (nSPS) is 13.6. The lowest BCUT2D eigenvalue weighted by molar-refractivity contribution is 0.626. The van der Waals surface area contributed by atoms with Crippen molar-refractivity contribution in [2.45, 2.75) is 20.3 Å². The first-order chi connectivity index (χ1) is 7.90. The minimum atomic E-state index is -0.415. The molecule has 1 nitrogen and oxygen atoms in total. The SMILES string of the molecule is CC(/C=C(\C)Br)=C(/N)Cc1ccc(Cl)c(F)c1. The fraction of sp³-hybridized carbons (Fsp3) is 0.231. The highest BCUT2D eigenvalue weighted by Crippen LogP contribution is 2.18. The zero-order valence-corrected chi connectivity index (χ0v) is 12.1. The maximum atomic E-state index is 13.2.